The number of pyridine rings is 1. The van der Waals surface area contributed by atoms with E-state index in [1.807, 2.05) is 48.7 Å². The van der Waals surface area contributed by atoms with Crippen LogP contribution in [0.4, 0.5) is 5.69 Å². The van der Waals surface area contributed by atoms with Gasteiger partial charge in [-0.25, -0.2) is 0 Å². The van der Waals surface area contributed by atoms with Gasteiger partial charge in [0, 0.05) is 23.6 Å². The molecular weight excluding hydrogens is 344 g/mol. The van der Waals surface area contributed by atoms with Gasteiger partial charge in [-0.2, -0.15) is 0 Å². The lowest BCUT2D eigenvalue weighted by atomic mass is 10.0. The minimum Gasteiger partial charge on any atom is -0.322 e. The molecule has 4 aromatic rings. The maximum atomic E-state index is 12.7. The largest absolute Gasteiger partial charge is 0.322 e. The van der Waals surface area contributed by atoms with E-state index >= 15 is 0 Å². The molecule has 1 N–H and O–H groups in total. The molecule has 0 atom stereocenters. The van der Waals surface area contributed by atoms with E-state index in [1.54, 1.807) is 6.20 Å². The quantitative estimate of drug-likeness (QED) is 0.456. The van der Waals surface area contributed by atoms with Gasteiger partial charge in [0.1, 0.15) is 0 Å². The fourth-order valence-corrected chi connectivity index (χ4v) is 3.77. The highest BCUT2D eigenvalue weighted by molar-refractivity contribution is 6.04. The monoisotopic (exact) mass is 362 g/mol. The number of hydrogen-bond donors (Lipinski definition) is 1. The highest BCUT2D eigenvalue weighted by Gasteiger charge is 2.18. The van der Waals surface area contributed by atoms with Crippen molar-refractivity contribution >= 4 is 11.6 Å². The standard InChI is InChI=1S/C25H18N2O/c28-25(18-9-7-17(8-10-18)20-5-3-13-26-16-20)27-22-11-12-24-21(15-22)14-19-4-1-2-6-23(19)24/h1-13,15-16H,14H2,(H,27,28). The van der Waals surface area contributed by atoms with Gasteiger partial charge in [0.15, 0.2) is 0 Å². The van der Waals surface area contributed by atoms with Crippen LogP contribution in [0.15, 0.2) is 91.3 Å². The summed E-state index contributed by atoms with van der Waals surface area (Å²) in [6.45, 7) is 0. The normalized spacial score (nSPS) is 11.6. The van der Waals surface area contributed by atoms with Crippen LogP contribution in [0.2, 0.25) is 0 Å². The van der Waals surface area contributed by atoms with Crippen LogP contribution in [-0.2, 0) is 6.42 Å². The molecule has 5 rings (SSSR count). The zero-order chi connectivity index (χ0) is 18.9. The molecule has 3 heteroatoms. The van der Waals surface area contributed by atoms with Crippen LogP contribution in [0, 0.1) is 0 Å². The molecule has 3 nitrogen and oxygen atoms in total. The van der Waals surface area contributed by atoms with Gasteiger partial charge in [0.2, 0.25) is 0 Å². The molecule has 1 aromatic heterocycles. The van der Waals surface area contributed by atoms with E-state index in [-0.39, 0.29) is 5.91 Å². The lowest BCUT2D eigenvalue weighted by Crippen LogP contribution is -2.11. The van der Waals surface area contributed by atoms with Crippen LogP contribution in [0.25, 0.3) is 22.3 Å². The number of carbonyl (C=O) groups is 1. The minimum atomic E-state index is -0.104. The molecular formula is C25H18N2O. The number of hydrogen-bond acceptors (Lipinski definition) is 2. The molecule has 0 unspecified atom stereocenters. The first-order chi connectivity index (χ1) is 13.8. The summed E-state index contributed by atoms with van der Waals surface area (Å²) < 4.78 is 0. The third-order valence-electron chi connectivity index (χ3n) is 5.19. The van der Waals surface area contributed by atoms with Gasteiger partial charge in [-0.05, 0) is 70.1 Å². The second-order valence-corrected chi connectivity index (χ2v) is 6.98. The number of fused-ring (bicyclic) bond motifs is 3. The molecule has 0 spiro atoms. The van der Waals surface area contributed by atoms with E-state index in [1.165, 1.54) is 22.3 Å². The maximum absolute atomic E-state index is 12.7. The van der Waals surface area contributed by atoms with Gasteiger partial charge in [-0.1, -0.05) is 48.5 Å². The van der Waals surface area contributed by atoms with Gasteiger partial charge >= 0.3 is 0 Å². The third kappa shape index (κ3) is 2.97. The Balaban J connectivity index is 1.34. The van der Waals surface area contributed by atoms with Crippen LogP contribution in [0.3, 0.4) is 0 Å². The molecule has 0 bridgehead atoms. The Morgan fingerprint density at radius 2 is 1.61 bits per heavy atom. The van der Waals surface area contributed by atoms with Gasteiger partial charge in [-0.15, -0.1) is 0 Å². The van der Waals surface area contributed by atoms with E-state index in [2.05, 4.69) is 46.7 Å². The Labute approximate surface area is 163 Å². The molecule has 0 fully saturated rings. The number of amides is 1. The number of carbonyl (C=O) groups excluding carboxylic acids is 1. The van der Waals surface area contributed by atoms with E-state index in [4.69, 9.17) is 0 Å². The Morgan fingerprint density at radius 1 is 0.786 bits per heavy atom. The zero-order valence-corrected chi connectivity index (χ0v) is 15.2. The molecule has 1 aliphatic rings. The zero-order valence-electron chi connectivity index (χ0n) is 15.2. The predicted octanol–water partition coefficient (Wildman–Crippen LogP) is 5.57. The predicted molar refractivity (Wildman–Crippen MR) is 112 cm³/mol. The molecule has 0 saturated heterocycles. The number of nitrogens with zero attached hydrogens (tertiary/aromatic N) is 1. The lowest BCUT2D eigenvalue weighted by molar-refractivity contribution is 0.102. The summed E-state index contributed by atoms with van der Waals surface area (Å²) >= 11 is 0. The van der Waals surface area contributed by atoms with Crippen molar-refractivity contribution in [3.63, 3.8) is 0 Å². The molecule has 1 heterocycles. The van der Waals surface area contributed by atoms with Crippen molar-refractivity contribution in [1.82, 2.24) is 4.98 Å². The summed E-state index contributed by atoms with van der Waals surface area (Å²) in [5.74, 6) is -0.104. The Kier molecular flexibility index (Phi) is 3.99. The van der Waals surface area contributed by atoms with Crippen LogP contribution in [-0.4, -0.2) is 10.9 Å². The summed E-state index contributed by atoms with van der Waals surface area (Å²) in [5.41, 5.74) is 8.69. The highest BCUT2D eigenvalue weighted by atomic mass is 16.1. The van der Waals surface area contributed by atoms with Crippen molar-refractivity contribution in [1.29, 1.82) is 0 Å². The van der Waals surface area contributed by atoms with Crippen molar-refractivity contribution in [3.05, 3.63) is 108 Å². The molecule has 0 saturated carbocycles. The second kappa shape index (κ2) is 6.78. The molecule has 134 valence electrons. The van der Waals surface area contributed by atoms with E-state index in [0.29, 0.717) is 5.56 Å². The molecule has 1 amide bonds. The SMILES string of the molecule is O=C(Nc1ccc2c(c1)Cc1ccccc1-2)c1ccc(-c2cccnc2)cc1. The van der Waals surface area contributed by atoms with Crippen LogP contribution >= 0.6 is 0 Å². The van der Waals surface area contributed by atoms with E-state index < -0.39 is 0 Å². The van der Waals surface area contributed by atoms with Crippen molar-refractivity contribution in [2.45, 2.75) is 6.42 Å². The first-order valence-electron chi connectivity index (χ1n) is 9.31. The number of anilines is 1. The Hall–Kier alpha value is -3.72. The van der Waals surface area contributed by atoms with E-state index in [9.17, 15) is 4.79 Å². The summed E-state index contributed by atoms with van der Waals surface area (Å²) in [6.07, 6.45) is 4.48. The fraction of sp³-hybridized carbons (Fsp3) is 0.0400. The molecule has 28 heavy (non-hydrogen) atoms. The third-order valence-corrected chi connectivity index (χ3v) is 5.19. The Bertz CT molecular complexity index is 1160. The summed E-state index contributed by atoms with van der Waals surface area (Å²) in [6, 6.07) is 26.1. The fourth-order valence-electron chi connectivity index (χ4n) is 3.77. The second-order valence-electron chi connectivity index (χ2n) is 6.98. The van der Waals surface area contributed by atoms with E-state index in [0.717, 1.165) is 23.2 Å². The van der Waals surface area contributed by atoms with Crippen molar-refractivity contribution in [2.24, 2.45) is 0 Å². The van der Waals surface area contributed by atoms with Gasteiger partial charge in [0.05, 0.1) is 0 Å². The Morgan fingerprint density at radius 3 is 2.43 bits per heavy atom. The van der Waals surface area contributed by atoms with Crippen molar-refractivity contribution in [2.75, 3.05) is 5.32 Å². The summed E-state index contributed by atoms with van der Waals surface area (Å²) in [7, 11) is 0. The first kappa shape index (κ1) is 16.5. The number of nitrogens with one attached hydrogen (secondary N) is 1. The number of benzene rings is 3. The average Bonchev–Trinajstić information content (AvgIpc) is 3.12. The number of aromatic nitrogens is 1. The van der Waals surface area contributed by atoms with Crippen LogP contribution in [0.5, 0.6) is 0 Å². The summed E-state index contributed by atoms with van der Waals surface area (Å²) in [5, 5.41) is 3.02. The topological polar surface area (TPSA) is 42.0 Å². The minimum absolute atomic E-state index is 0.104. The van der Waals surface area contributed by atoms with Crippen LogP contribution in [0.1, 0.15) is 21.5 Å². The summed E-state index contributed by atoms with van der Waals surface area (Å²) in [4.78, 5) is 16.8. The van der Waals surface area contributed by atoms with Gasteiger partial charge in [-0.3, -0.25) is 9.78 Å². The lowest BCUT2D eigenvalue weighted by Gasteiger charge is -2.09. The number of rotatable bonds is 3. The smallest absolute Gasteiger partial charge is 0.255 e. The van der Waals surface area contributed by atoms with Crippen molar-refractivity contribution < 1.29 is 4.79 Å². The molecule has 0 aliphatic heterocycles. The average molecular weight is 362 g/mol. The highest BCUT2D eigenvalue weighted by Crippen LogP contribution is 2.37. The molecule has 0 radical (unpaired) electrons. The molecule has 3 aromatic carbocycles. The van der Waals surface area contributed by atoms with Crippen molar-refractivity contribution in [3.8, 4) is 22.3 Å². The first-order valence-corrected chi connectivity index (χ1v) is 9.31. The van der Waals surface area contributed by atoms with Gasteiger partial charge in [0.25, 0.3) is 5.91 Å². The van der Waals surface area contributed by atoms with Crippen LogP contribution < -0.4 is 5.32 Å². The van der Waals surface area contributed by atoms with Gasteiger partial charge < -0.3 is 5.32 Å². The maximum Gasteiger partial charge on any atom is 0.255 e. The molecule has 1 aliphatic carbocycles.